The van der Waals surface area contributed by atoms with Crippen molar-refractivity contribution in [3.8, 4) is 11.5 Å². The molecule has 4 nitrogen and oxygen atoms in total. The summed E-state index contributed by atoms with van der Waals surface area (Å²) in [6.07, 6.45) is 0. The van der Waals surface area contributed by atoms with Gasteiger partial charge in [-0.25, -0.2) is 0 Å². The lowest BCUT2D eigenvalue weighted by Crippen LogP contribution is -2.43. The van der Waals surface area contributed by atoms with E-state index >= 15 is 0 Å². The van der Waals surface area contributed by atoms with E-state index in [-0.39, 0.29) is 18.2 Å². The molecule has 2 rings (SSSR count). The Balaban J connectivity index is 2.32. The Morgan fingerprint density at radius 1 is 1.33 bits per heavy atom. The summed E-state index contributed by atoms with van der Waals surface area (Å²) in [7, 11) is 2.13. The SMILES string of the molecule is CC(N(C)C(CN)c1cc(Br)c2c(c1)OCO2)C(C)(C)C. The molecule has 0 amide bonds. The van der Waals surface area contributed by atoms with E-state index in [9.17, 15) is 0 Å². The molecule has 0 aromatic heterocycles. The molecule has 0 saturated heterocycles. The summed E-state index contributed by atoms with van der Waals surface area (Å²) < 4.78 is 11.9. The molecule has 1 aromatic rings. The smallest absolute Gasteiger partial charge is 0.231 e. The second kappa shape index (κ2) is 6.15. The van der Waals surface area contributed by atoms with E-state index in [1.165, 1.54) is 0 Å². The normalized spacial score (nSPS) is 17.1. The Labute approximate surface area is 135 Å². The van der Waals surface area contributed by atoms with E-state index in [2.05, 4.69) is 61.6 Å². The van der Waals surface area contributed by atoms with Crippen LogP contribution in [0.5, 0.6) is 11.5 Å². The first-order valence-electron chi connectivity index (χ1n) is 7.26. The number of benzene rings is 1. The van der Waals surface area contributed by atoms with E-state index < -0.39 is 0 Å². The molecule has 21 heavy (non-hydrogen) atoms. The molecule has 1 aliphatic heterocycles. The molecule has 0 radical (unpaired) electrons. The van der Waals surface area contributed by atoms with Gasteiger partial charge in [-0.2, -0.15) is 0 Å². The maximum absolute atomic E-state index is 6.05. The van der Waals surface area contributed by atoms with Crippen LogP contribution in [0.25, 0.3) is 0 Å². The molecule has 0 aliphatic carbocycles. The van der Waals surface area contributed by atoms with Crippen molar-refractivity contribution in [1.29, 1.82) is 0 Å². The summed E-state index contributed by atoms with van der Waals surface area (Å²) >= 11 is 3.56. The van der Waals surface area contributed by atoms with Gasteiger partial charge in [0, 0.05) is 18.6 Å². The first-order valence-corrected chi connectivity index (χ1v) is 8.06. The van der Waals surface area contributed by atoms with Gasteiger partial charge in [0.25, 0.3) is 0 Å². The summed E-state index contributed by atoms with van der Waals surface area (Å²) in [4.78, 5) is 2.34. The number of hydrogen-bond acceptors (Lipinski definition) is 4. The summed E-state index contributed by atoms with van der Waals surface area (Å²) in [6, 6.07) is 4.66. The largest absolute Gasteiger partial charge is 0.454 e. The molecule has 118 valence electrons. The first kappa shape index (κ1) is 16.6. The van der Waals surface area contributed by atoms with Crippen molar-refractivity contribution >= 4 is 15.9 Å². The summed E-state index contributed by atoms with van der Waals surface area (Å²) in [5, 5.41) is 0. The lowest BCUT2D eigenvalue weighted by atomic mass is 9.86. The van der Waals surface area contributed by atoms with Crippen LogP contribution in [-0.2, 0) is 0 Å². The fraction of sp³-hybridized carbons (Fsp3) is 0.625. The fourth-order valence-corrected chi connectivity index (χ4v) is 3.17. The zero-order valence-electron chi connectivity index (χ0n) is 13.4. The van der Waals surface area contributed by atoms with Crippen molar-refractivity contribution in [3.63, 3.8) is 0 Å². The van der Waals surface area contributed by atoms with Crippen molar-refractivity contribution < 1.29 is 9.47 Å². The van der Waals surface area contributed by atoms with Gasteiger partial charge in [0.1, 0.15) is 0 Å². The van der Waals surface area contributed by atoms with Gasteiger partial charge in [-0.3, -0.25) is 4.90 Å². The number of likely N-dealkylation sites (N-methyl/N-ethyl adjacent to an activating group) is 1. The van der Waals surface area contributed by atoms with E-state index in [1.54, 1.807) is 0 Å². The predicted molar refractivity (Wildman–Crippen MR) is 88.7 cm³/mol. The van der Waals surface area contributed by atoms with Crippen molar-refractivity contribution in [2.75, 3.05) is 20.4 Å². The van der Waals surface area contributed by atoms with E-state index in [1.807, 2.05) is 6.07 Å². The maximum Gasteiger partial charge on any atom is 0.231 e. The quantitative estimate of drug-likeness (QED) is 0.895. The van der Waals surface area contributed by atoms with Crippen LogP contribution in [0, 0.1) is 5.41 Å². The number of nitrogens with zero attached hydrogens (tertiary/aromatic N) is 1. The number of nitrogens with two attached hydrogens (primary N) is 1. The molecular weight excluding hydrogens is 332 g/mol. The van der Waals surface area contributed by atoms with Crippen molar-refractivity contribution in [2.24, 2.45) is 11.1 Å². The second-order valence-corrected chi connectivity index (χ2v) is 7.55. The third-order valence-corrected chi connectivity index (χ3v) is 5.00. The maximum atomic E-state index is 6.05. The average Bonchev–Trinajstić information content (AvgIpc) is 2.86. The van der Waals surface area contributed by atoms with Crippen LogP contribution in [0.1, 0.15) is 39.3 Å². The Morgan fingerprint density at radius 3 is 2.57 bits per heavy atom. The molecule has 0 fully saturated rings. The average molecular weight is 357 g/mol. The van der Waals surface area contributed by atoms with Crippen LogP contribution in [0.4, 0.5) is 0 Å². The number of rotatable bonds is 4. The summed E-state index contributed by atoms with van der Waals surface area (Å²) in [6.45, 7) is 9.82. The topological polar surface area (TPSA) is 47.7 Å². The monoisotopic (exact) mass is 356 g/mol. The zero-order valence-corrected chi connectivity index (χ0v) is 15.0. The lowest BCUT2D eigenvalue weighted by molar-refractivity contribution is 0.1000. The van der Waals surface area contributed by atoms with Crippen LogP contribution in [0.15, 0.2) is 16.6 Å². The van der Waals surface area contributed by atoms with E-state index in [4.69, 9.17) is 15.2 Å². The predicted octanol–water partition coefficient (Wildman–Crippen LogP) is 3.54. The van der Waals surface area contributed by atoms with Gasteiger partial charge >= 0.3 is 0 Å². The van der Waals surface area contributed by atoms with Crippen LogP contribution >= 0.6 is 15.9 Å². The zero-order chi connectivity index (χ0) is 15.8. The molecular formula is C16H25BrN2O2. The fourth-order valence-electron chi connectivity index (χ4n) is 2.60. The minimum Gasteiger partial charge on any atom is -0.454 e. The molecule has 2 unspecified atom stereocenters. The van der Waals surface area contributed by atoms with E-state index in [0.29, 0.717) is 12.6 Å². The van der Waals surface area contributed by atoms with Crippen LogP contribution in [0.3, 0.4) is 0 Å². The van der Waals surface area contributed by atoms with Crippen molar-refractivity contribution in [3.05, 3.63) is 22.2 Å². The van der Waals surface area contributed by atoms with Gasteiger partial charge in [-0.1, -0.05) is 20.8 Å². The molecule has 2 atom stereocenters. The highest BCUT2D eigenvalue weighted by atomic mass is 79.9. The minimum absolute atomic E-state index is 0.144. The Morgan fingerprint density at radius 2 is 2.00 bits per heavy atom. The van der Waals surface area contributed by atoms with Gasteiger partial charge in [-0.05, 0) is 53.0 Å². The molecule has 0 saturated carbocycles. The Hall–Kier alpha value is -0.780. The standard InChI is InChI=1S/C16H25BrN2O2/c1-10(16(2,3)4)19(5)13(8-18)11-6-12(17)15-14(7-11)20-9-21-15/h6-7,10,13H,8-9,18H2,1-5H3. The number of halogens is 1. The third kappa shape index (κ3) is 3.35. The molecule has 2 N–H and O–H groups in total. The van der Waals surface area contributed by atoms with Gasteiger partial charge in [0.05, 0.1) is 4.47 Å². The van der Waals surface area contributed by atoms with Crippen LogP contribution in [-0.4, -0.2) is 31.3 Å². The highest BCUT2D eigenvalue weighted by Crippen LogP contribution is 2.42. The Kier molecular flexibility index (Phi) is 4.85. The highest BCUT2D eigenvalue weighted by molar-refractivity contribution is 9.10. The number of fused-ring (bicyclic) bond motifs is 1. The molecule has 1 heterocycles. The van der Waals surface area contributed by atoms with Crippen molar-refractivity contribution in [1.82, 2.24) is 4.90 Å². The molecule has 1 aromatic carbocycles. The van der Waals surface area contributed by atoms with Gasteiger partial charge in [0.2, 0.25) is 6.79 Å². The summed E-state index contributed by atoms with van der Waals surface area (Å²) in [5.41, 5.74) is 7.39. The summed E-state index contributed by atoms with van der Waals surface area (Å²) in [5.74, 6) is 1.57. The molecule has 0 bridgehead atoms. The van der Waals surface area contributed by atoms with Gasteiger partial charge in [0.15, 0.2) is 11.5 Å². The molecule has 1 aliphatic rings. The number of ether oxygens (including phenoxy) is 2. The number of hydrogen-bond donors (Lipinski definition) is 1. The van der Waals surface area contributed by atoms with Crippen LogP contribution < -0.4 is 15.2 Å². The van der Waals surface area contributed by atoms with Crippen molar-refractivity contribution in [2.45, 2.75) is 39.8 Å². The molecule has 0 spiro atoms. The minimum atomic E-state index is 0.144. The lowest BCUT2D eigenvalue weighted by Gasteiger charge is -2.40. The Bertz CT molecular complexity index is 514. The van der Waals surface area contributed by atoms with Crippen LogP contribution in [0.2, 0.25) is 0 Å². The van der Waals surface area contributed by atoms with Gasteiger partial charge < -0.3 is 15.2 Å². The third-order valence-electron chi connectivity index (χ3n) is 4.41. The van der Waals surface area contributed by atoms with E-state index in [0.717, 1.165) is 21.5 Å². The first-order chi connectivity index (χ1) is 9.75. The molecule has 5 heteroatoms. The second-order valence-electron chi connectivity index (χ2n) is 6.70. The highest BCUT2D eigenvalue weighted by Gasteiger charge is 2.30. The van der Waals surface area contributed by atoms with Gasteiger partial charge in [-0.15, -0.1) is 0 Å².